The molecule has 0 saturated heterocycles. The summed E-state index contributed by atoms with van der Waals surface area (Å²) in [4.78, 5) is 20.3. The number of hydrogen-bond acceptors (Lipinski definition) is 4. The second-order valence-electron chi connectivity index (χ2n) is 3.65. The number of aliphatic carboxylic acids is 1. The van der Waals surface area contributed by atoms with Gasteiger partial charge in [0.25, 0.3) is 5.69 Å². The van der Waals surface area contributed by atoms with Gasteiger partial charge in [-0.05, 0) is 6.07 Å². The number of ether oxygens (including phenoxy) is 1. The van der Waals surface area contributed by atoms with Crippen LogP contribution in [0.4, 0.5) is 18.9 Å². The van der Waals surface area contributed by atoms with Gasteiger partial charge in [-0.1, -0.05) is 15.9 Å². The number of rotatable bonds is 5. The SMILES string of the molecule is O=C(O)C(COc1cc(Br)cc([N+](=O)[O-])c1)C(F)(F)F. The van der Waals surface area contributed by atoms with Crippen molar-refractivity contribution in [2.24, 2.45) is 5.92 Å². The van der Waals surface area contributed by atoms with Crippen LogP contribution in [0.5, 0.6) is 5.75 Å². The van der Waals surface area contributed by atoms with Crippen LogP contribution < -0.4 is 4.74 Å². The topological polar surface area (TPSA) is 89.7 Å². The summed E-state index contributed by atoms with van der Waals surface area (Å²) in [5.41, 5.74) is -0.395. The molecular formula is C10H7BrF3NO5. The van der Waals surface area contributed by atoms with E-state index in [0.29, 0.717) is 0 Å². The van der Waals surface area contributed by atoms with Crippen LogP contribution in [0.1, 0.15) is 0 Å². The van der Waals surface area contributed by atoms with E-state index in [1.165, 1.54) is 6.07 Å². The van der Waals surface area contributed by atoms with E-state index in [4.69, 9.17) is 9.84 Å². The molecule has 0 aliphatic carbocycles. The third-order valence-electron chi connectivity index (χ3n) is 2.18. The first-order chi connectivity index (χ1) is 9.11. The van der Waals surface area contributed by atoms with Crippen molar-refractivity contribution in [3.05, 3.63) is 32.8 Å². The Morgan fingerprint density at radius 1 is 1.45 bits per heavy atom. The lowest BCUT2D eigenvalue weighted by atomic mass is 10.1. The van der Waals surface area contributed by atoms with Gasteiger partial charge in [-0.3, -0.25) is 14.9 Å². The third kappa shape index (κ3) is 4.37. The zero-order valence-electron chi connectivity index (χ0n) is 9.56. The Bertz CT molecular complexity index is 534. The molecule has 0 fully saturated rings. The fourth-order valence-electron chi connectivity index (χ4n) is 1.22. The number of carboxylic acids is 1. The van der Waals surface area contributed by atoms with Crippen LogP contribution in [-0.2, 0) is 4.79 Å². The second kappa shape index (κ2) is 6.07. The lowest BCUT2D eigenvalue weighted by molar-refractivity contribution is -0.385. The molecule has 10 heteroatoms. The van der Waals surface area contributed by atoms with Gasteiger partial charge in [-0.25, -0.2) is 0 Å². The van der Waals surface area contributed by atoms with Gasteiger partial charge in [0, 0.05) is 10.5 Å². The Kier molecular flexibility index (Phi) is 4.93. The van der Waals surface area contributed by atoms with Crippen molar-refractivity contribution in [1.29, 1.82) is 0 Å². The van der Waals surface area contributed by atoms with Crippen LogP contribution in [-0.4, -0.2) is 28.8 Å². The van der Waals surface area contributed by atoms with Gasteiger partial charge < -0.3 is 9.84 Å². The highest BCUT2D eigenvalue weighted by Crippen LogP contribution is 2.30. The van der Waals surface area contributed by atoms with E-state index < -0.39 is 35.3 Å². The quantitative estimate of drug-likeness (QED) is 0.646. The van der Waals surface area contributed by atoms with Crippen LogP contribution in [0.15, 0.2) is 22.7 Å². The third-order valence-corrected chi connectivity index (χ3v) is 2.63. The number of carbonyl (C=O) groups is 1. The average Bonchev–Trinajstić information content (AvgIpc) is 2.25. The van der Waals surface area contributed by atoms with Crippen molar-refractivity contribution in [1.82, 2.24) is 0 Å². The van der Waals surface area contributed by atoms with Gasteiger partial charge >= 0.3 is 12.1 Å². The molecule has 1 N–H and O–H groups in total. The van der Waals surface area contributed by atoms with E-state index in [1.54, 1.807) is 0 Å². The minimum Gasteiger partial charge on any atom is -0.492 e. The second-order valence-corrected chi connectivity index (χ2v) is 4.56. The highest BCUT2D eigenvalue weighted by atomic mass is 79.9. The normalized spacial score (nSPS) is 12.8. The number of nitro benzene ring substituents is 1. The average molecular weight is 358 g/mol. The summed E-state index contributed by atoms with van der Waals surface area (Å²) >= 11 is 2.93. The molecule has 0 radical (unpaired) electrons. The molecule has 20 heavy (non-hydrogen) atoms. The van der Waals surface area contributed by atoms with Crippen LogP contribution >= 0.6 is 15.9 Å². The van der Waals surface area contributed by atoms with Crippen molar-refractivity contribution in [3.63, 3.8) is 0 Å². The molecule has 0 amide bonds. The molecule has 1 aromatic rings. The number of carboxylic acid groups (broad SMARTS) is 1. The number of non-ortho nitro benzene ring substituents is 1. The largest absolute Gasteiger partial charge is 0.492 e. The minimum absolute atomic E-state index is 0.223. The fourth-order valence-corrected chi connectivity index (χ4v) is 1.68. The van der Waals surface area contributed by atoms with E-state index in [-0.39, 0.29) is 10.2 Å². The number of nitrogens with zero attached hydrogens (tertiary/aromatic N) is 1. The van der Waals surface area contributed by atoms with Crippen molar-refractivity contribution < 1.29 is 32.7 Å². The lowest BCUT2D eigenvalue weighted by Gasteiger charge is -2.16. The molecule has 0 spiro atoms. The zero-order valence-corrected chi connectivity index (χ0v) is 11.1. The number of nitro groups is 1. The standard InChI is InChI=1S/C10H7BrF3NO5/c11-5-1-6(15(18)19)3-7(2-5)20-4-8(9(16)17)10(12,13)14/h1-3,8H,4H2,(H,16,17). The molecule has 110 valence electrons. The van der Waals surface area contributed by atoms with E-state index in [2.05, 4.69) is 15.9 Å². The Morgan fingerprint density at radius 2 is 2.05 bits per heavy atom. The van der Waals surface area contributed by atoms with Crippen molar-refractivity contribution in [2.75, 3.05) is 6.61 Å². The minimum atomic E-state index is -4.97. The zero-order chi connectivity index (χ0) is 15.5. The Balaban J connectivity index is 2.88. The molecule has 1 unspecified atom stereocenters. The molecule has 0 aliphatic heterocycles. The summed E-state index contributed by atoms with van der Waals surface area (Å²) in [5, 5.41) is 19.0. The van der Waals surface area contributed by atoms with E-state index >= 15 is 0 Å². The van der Waals surface area contributed by atoms with Crippen LogP contribution in [0.2, 0.25) is 0 Å². The Hall–Kier alpha value is -1.84. The van der Waals surface area contributed by atoms with Gasteiger partial charge in [0.1, 0.15) is 12.4 Å². The van der Waals surface area contributed by atoms with Gasteiger partial charge in [0.2, 0.25) is 0 Å². The highest BCUT2D eigenvalue weighted by Gasteiger charge is 2.45. The first-order valence-corrected chi connectivity index (χ1v) is 5.78. The molecule has 0 heterocycles. The van der Waals surface area contributed by atoms with Crippen LogP contribution in [0.3, 0.4) is 0 Å². The first kappa shape index (κ1) is 16.2. The number of alkyl halides is 3. The molecule has 0 aromatic heterocycles. The smallest absolute Gasteiger partial charge is 0.405 e. The molecule has 6 nitrogen and oxygen atoms in total. The molecule has 0 aliphatic rings. The summed E-state index contributed by atoms with van der Waals surface area (Å²) in [6, 6.07) is 3.23. The molecular weight excluding hydrogens is 351 g/mol. The maximum Gasteiger partial charge on any atom is 0.405 e. The predicted octanol–water partition coefficient (Wildman–Crippen LogP) is 3.00. The van der Waals surface area contributed by atoms with Crippen LogP contribution in [0, 0.1) is 16.0 Å². The van der Waals surface area contributed by atoms with Gasteiger partial charge in [-0.2, -0.15) is 13.2 Å². The fraction of sp³-hybridized carbons (Fsp3) is 0.300. The molecule has 1 aromatic carbocycles. The first-order valence-electron chi connectivity index (χ1n) is 4.98. The predicted molar refractivity (Wildman–Crippen MR) is 63.5 cm³/mol. The molecule has 0 bridgehead atoms. The van der Waals surface area contributed by atoms with Crippen molar-refractivity contribution in [2.45, 2.75) is 6.18 Å². The monoisotopic (exact) mass is 357 g/mol. The lowest BCUT2D eigenvalue weighted by Crippen LogP contribution is -2.35. The Labute approximate surface area is 118 Å². The number of benzene rings is 1. The number of halogens is 4. The maximum atomic E-state index is 12.4. The summed E-state index contributed by atoms with van der Waals surface area (Å²) in [7, 11) is 0. The Morgan fingerprint density at radius 3 is 2.50 bits per heavy atom. The summed E-state index contributed by atoms with van der Waals surface area (Å²) < 4.78 is 42.1. The summed E-state index contributed by atoms with van der Waals surface area (Å²) in [6.45, 7) is -1.17. The van der Waals surface area contributed by atoms with E-state index in [0.717, 1.165) is 12.1 Å². The van der Waals surface area contributed by atoms with E-state index in [9.17, 15) is 28.1 Å². The van der Waals surface area contributed by atoms with Crippen LogP contribution in [0.25, 0.3) is 0 Å². The highest BCUT2D eigenvalue weighted by molar-refractivity contribution is 9.10. The van der Waals surface area contributed by atoms with E-state index in [1.807, 2.05) is 0 Å². The summed E-state index contributed by atoms with van der Waals surface area (Å²) in [5.74, 6) is -5.02. The van der Waals surface area contributed by atoms with Crippen molar-refractivity contribution in [3.8, 4) is 5.75 Å². The van der Waals surface area contributed by atoms with Crippen molar-refractivity contribution >= 4 is 27.6 Å². The van der Waals surface area contributed by atoms with Gasteiger partial charge in [0.15, 0.2) is 5.92 Å². The molecule has 1 rings (SSSR count). The maximum absolute atomic E-state index is 12.4. The van der Waals surface area contributed by atoms with Gasteiger partial charge in [-0.15, -0.1) is 0 Å². The molecule has 1 atom stereocenters. The summed E-state index contributed by atoms with van der Waals surface area (Å²) in [6.07, 6.45) is -4.97. The number of hydrogen-bond donors (Lipinski definition) is 1. The van der Waals surface area contributed by atoms with Gasteiger partial charge in [0.05, 0.1) is 11.0 Å². The molecule has 0 saturated carbocycles.